The molecule has 2 rings (SSSR count). The van der Waals surface area contributed by atoms with Crippen LogP contribution in [-0.2, 0) is 14.3 Å². The summed E-state index contributed by atoms with van der Waals surface area (Å²) in [5, 5.41) is 57.0. The van der Waals surface area contributed by atoms with Gasteiger partial charge in [-0.3, -0.25) is 0 Å². The Kier molecular flexibility index (Phi) is 5.31. The first kappa shape index (κ1) is 18.7. The molecule has 0 unspecified atom stereocenters. The number of aromatic hydroxyl groups is 2. The monoisotopic (exact) mass is 354 g/mol. The Balaban J connectivity index is 2.06. The van der Waals surface area contributed by atoms with E-state index in [2.05, 4.69) is 0 Å². The molecule has 0 aliphatic heterocycles. The second-order valence-corrected chi connectivity index (χ2v) is 5.86. The molecule has 1 aliphatic carbocycles. The third-order valence-electron chi connectivity index (χ3n) is 3.94. The van der Waals surface area contributed by atoms with Gasteiger partial charge in [0, 0.05) is 18.9 Å². The van der Waals surface area contributed by atoms with E-state index in [0.717, 1.165) is 6.08 Å². The molecule has 4 atom stereocenters. The average Bonchev–Trinajstić information content (AvgIpc) is 2.53. The normalized spacial score (nSPS) is 29.5. The van der Waals surface area contributed by atoms with Crippen LogP contribution in [0.25, 0.3) is 6.08 Å². The van der Waals surface area contributed by atoms with Crippen LogP contribution in [0.4, 0.5) is 0 Å². The molecule has 0 spiro atoms. The van der Waals surface area contributed by atoms with Crippen molar-refractivity contribution in [3.05, 3.63) is 29.8 Å². The van der Waals surface area contributed by atoms with E-state index in [0.29, 0.717) is 5.56 Å². The summed E-state index contributed by atoms with van der Waals surface area (Å²) in [7, 11) is 0. The summed E-state index contributed by atoms with van der Waals surface area (Å²) in [6, 6.07) is 3.83. The first-order valence-corrected chi connectivity index (χ1v) is 7.35. The van der Waals surface area contributed by atoms with Gasteiger partial charge in [-0.05, 0) is 23.8 Å². The molecule has 0 amide bonds. The molecule has 1 aromatic carbocycles. The van der Waals surface area contributed by atoms with Gasteiger partial charge < -0.3 is 35.4 Å². The van der Waals surface area contributed by atoms with Crippen molar-refractivity contribution >= 4 is 18.0 Å². The Bertz CT molecular complexity index is 699. The fraction of sp³-hybridized carbons (Fsp3) is 0.375. The second-order valence-electron chi connectivity index (χ2n) is 5.86. The van der Waals surface area contributed by atoms with Crippen molar-refractivity contribution in [1.82, 2.24) is 0 Å². The van der Waals surface area contributed by atoms with Gasteiger partial charge in [0.1, 0.15) is 12.2 Å². The number of aliphatic hydroxyl groups is 3. The SMILES string of the molecule is O=C(C=Cc1ccc(O)c(O)c1)O[C@@H]1C[C@](O)(C(=O)O)C[C@H](O)[C@H]1O. The first-order valence-electron chi connectivity index (χ1n) is 7.35. The van der Waals surface area contributed by atoms with Gasteiger partial charge in [0.15, 0.2) is 17.1 Å². The van der Waals surface area contributed by atoms with Gasteiger partial charge in [-0.1, -0.05) is 6.07 Å². The highest BCUT2D eigenvalue weighted by molar-refractivity contribution is 5.87. The van der Waals surface area contributed by atoms with Gasteiger partial charge in [-0.25, -0.2) is 9.59 Å². The van der Waals surface area contributed by atoms with Crippen molar-refractivity contribution < 1.29 is 45.0 Å². The zero-order valence-electron chi connectivity index (χ0n) is 12.9. The van der Waals surface area contributed by atoms with Crippen molar-refractivity contribution in [2.75, 3.05) is 0 Å². The lowest BCUT2D eigenvalue weighted by Gasteiger charge is -2.39. The van der Waals surface area contributed by atoms with Crippen LogP contribution in [0.2, 0.25) is 0 Å². The predicted octanol–water partition coefficient (Wildman–Crippen LogP) is -0.646. The van der Waals surface area contributed by atoms with Crippen LogP contribution < -0.4 is 0 Å². The average molecular weight is 354 g/mol. The fourth-order valence-corrected chi connectivity index (χ4v) is 2.53. The maximum absolute atomic E-state index is 11.8. The van der Waals surface area contributed by atoms with Crippen molar-refractivity contribution in [3.8, 4) is 11.5 Å². The van der Waals surface area contributed by atoms with E-state index < -0.39 is 48.7 Å². The van der Waals surface area contributed by atoms with Gasteiger partial charge in [-0.2, -0.15) is 0 Å². The minimum Gasteiger partial charge on any atom is -0.504 e. The van der Waals surface area contributed by atoms with Gasteiger partial charge in [-0.15, -0.1) is 0 Å². The summed E-state index contributed by atoms with van der Waals surface area (Å²) in [6.45, 7) is 0. The van der Waals surface area contributed by atoms with E-state index in [1.165, 1.54) is 24.3 Å². The zero-order valence-corrected chi connectivity index (χ0v) is 12.9. The number of rotatable bonds is 4. The summed E-state index contributed by atoms with van der Waals surface area (Å²) in [6.07, 6.45) is -3.44. The minimum absolute atomic E-state index is 0.327. The lowest BCUT2D eigenvalue weighted by Crippen LogP contribution is -2.57. The number of esters is 1. The van der Waals surface area contributed by atoms with Crippen LogP contribution in [0.3, 0.4) is 0 Å². The molecule has 0 radical (unpaired) electrons. The summed E-state index contributed by atoms with van der Waals surface area (Å²) in [5.41, 5.74) is -1.94. The van der Waals surface area contributed by atoms with Crippen LogP contribution in [0.5, 0.6) is 11.5 Å². The lowest BCUT2D eigenvalue weighted by atomic mass is 9.79. The van der Waals surface area contributed by atoms with E-state index in [4.69, 9.17) is 9.84 Å². The van der Waals surface area contributed by atoms with E-state index in [1.807, 2.05) is 0 Å². The van der Waals surface area contributed by atoms with Crippen LogP contribution >= 0.6 is 0 Å². The number of ether oxygens (including phenoxy) is 1. The van der Waals surface area contributed by atoms with Crippen molar-refractivity contribution in [2.45, 2.75) is 36.8 Å². The molecular weight excluding hydrogens is 336 g/mol. The molecule has 0 heterocycles. The zero-order chi connectivity index (χ0) is 18.8. The molecule has 1 aliphatic rings. The maximum atomic E-state index is 11.8. The smallest absolute Gasteiger partial charge is 0.335 e. The standard InChI is InChI=1S/C16H18O9/c17-9-3-1-8(5-10(9)18)2-4-13(20)25-12-7-16(24,15(22)23)6-11(19)14(12)21/h1-5,11-12,14,17-19,21,24H,6-7H2,(H,22,23)/t11-,12+,14+,16-/m0/s1. The topological polar surface area (TPSA) is 165 Å². The van der Waals surface area contributed by atoms with Crippen LogP contribution in [-0.4, -0.2) is 66.5 Å². The second kappa shape index (κ2) is 7.09. The largest absolute Gasteiger partial charge is 0.504 e. The molecule has 9 nitrogen and oxygen atoms in total. The molecule has 25 heavy (non-hydrogen) atoms. The number of phenolic OH excluding ortho intramolecular Hbond substituents is 2. The summed E-state index contributed by atoms with van der Waals surface area (Å²) in [5.74, 6) is -3.24. The number of aliphatic carboxylic acids is 1. The van der Waals surface area contributed by atoms with Crippen molar-refractivity contribution in [3.63, 3.8) is 0 Å². The highest BCUT2D eigenvalue weighted by atomic mass is 16.6. The number of carboxylic acids is 1. The Morgan fingerprint density at radius 1 is 1.16 bits per heavy atom. The van der Waals surface area contributed by atoms with Crippen LogP contribution in [0.1, 0.15) is 18.4 Å². The fourth-order valence-electron chi connectivity index (χ4n) is 2.53. The maximum Gasteiger partial charge on any atom is 0.335 e. The van der Waals surface area contributed by atoms with E-state index in [-0.39, 0.29) is 11.5 Å². The predicted molar refractivity (Wildman–Crippen MR) is 82.5 cm³/mol. The van der Waals surface area contributed by atoms with Gasteiger partial charge >= 0.3 is 11.9 Å². The Morgan fingerprint density at radius 3 is 2.44 bits per heavy atom. The summed E-state index contributed by atoms with van der Waals surface area (Å²) in [4.78, 5) is 22.9. The molecular formula is C16H18O9. The number of hydrogen-bond acceptors (Lipinski definition) is 8. The Hall–Kier alpha value is -2.62. The third-order valence-corrected chi connectivity index (χ3v) is 3.94. The van der Waals surface area contributed by atoms with Crippen molar-refractivity contribution in [1.29, 1.82) is 0 Å². The van der Waals surface area contributed by atoms with E-state index in [1.54, 1.807) is 0 Å². The van der Waals surface area contributed by atoms with Crippen LogP contribution in [0, 0.1) is 0 Å². The highest BCUT2D eigenvalue weighted by Crippen LogP contribution is 2.31. The molecule has 1 fully saturated rings. The summed E-state index contributed by atoms with van der Waals surface area (Å²) < 4.78 is 4.92. The number of carbonyl (C=O) groups excluding carboxylic acids is 1. The Morgan fingerprint density at radius 2 is 1.84 bits per heavy atom. The van der Waals surface area contributed by atoms with Crippen molar-refractivity contribution in [2.24, 2.45) is 0 Å². The number of benzene rings is 1. The van der Waals surface area contributed by atoms with Gasteiger partial charge in [0.25, 0.3) is 0 Å². The third kappa shape index (κ3) is 4.27. The number of carboxylic acid groups (broad SMARTS) is 1. The Labute approximate surface area is 142 Å². The number of hydrogen-bond donors (Lipinski definition) is 6. The van der Waals surface area contributed by atoms with Crippen LogP contribution in [0.15, 0.2) is 24.3 Å². The molecule has 0 bridgehead atoms. The molecule has 6 N–H and O–H groups in total. The van der Waals surface area contributed by atoms with Gasteiger partial charge in [0.2, 0.25) is 0 Å². The molecule has 0 saturated heterocycles. The number of carbonyl (C=O) groups is 2. The lowest BCUT2D eigenvalue weighted by molar-refractivity contribution is -0.196. The quantitative estimate of drug-likeness (QED) is 0.234. The number of phenols is 2. The molecule has 9 heteroatoms. The first-order chi connectivity index (χ1) is 11.6. The molecule has 1 aromatic rings. The van der Waals surface area contributed by atoms with Gasteiger partial charge in [0.05, 0.1) is 6.10 Å². The van der Waals surface area contributed by atoms with E-state index >= 15 is 0 Å². The highest BCUT2D eigenvalue weighted by Gasteiger charge is 2.50. The molecule has 0 aromatic heterocycles. The molecule has 1 saturated carbocycles. The minimum atomic E-state index is -2.31. The molecule has 136 valence electrons. The summed E-state index contributed by atoms with van der Waals surface area (Å²) >= 11 is 0. The van der Waals surface area contributed by atoms with E-state index in [9.17, 15) is 35.1 Å². The number of aliphatic hydroxyl groups excluding tert-OH is 2.